The molecular formula is C24H31BrClN3O4S. The highest BCUT2D eigenvalue weighted by Crippen LogP contribution is 2.26. The van der Waals surface area contributed by atoms with Crippen LogP contribution in [0.2, 0.25) is 5.02 Å². The Kier molecular flexibility index (Phi) is 10.4. The Morgan fingerprint density at radius 3 is 2.38 bits per heavy atom. The topological polar surface area (TPSA) is 86.8 Å². The number of anilines is 1. The maximum absolute atomic E-state index is 13.6. The van der Waals surface area contributed by atoms with Crippen molar-refractivity contribution in [1.29, 1.82) is 0 Å². The Morgan fingerprint density at radius 1 is 1.15 bits per heavy atom. The van der Waals surface area contributed by atoms with Crippen LogP contribution in [0.1, 0.15) is 37.8 Å². The molecular weight excluding hydrogens is 542 g/mol. The standard InChI is InChI=1S/C24H31BrClN3O4S/c1-5-13-27-24(31)22(6-2)28(15-18-9-7-8-10-21(18)26)23(30)16-29(34(4,32)33)19-11-12-20(25)17(3)14-19/h7-12,14,22H,5-6,13,15-16H2,1-4H3,(H,27,31)/t22-/m1/s1. The lowest BCUT2D eigenvalue weighted by Gasteiger charge is -2.33. The number of hydrogen-bond acceptors (Lipinski definition) is 4. The highest BCUT2D eigenvalue weighted by atomic mass is 79.9. The van der Waals surface area contributed by atoms with E-state index < -0.39 is 28.5 Å². The van der Waals surface area contributed by atoms with E-state index in [2.05, 4.69) is 21.2 Å². The summed E-state index contributed by atoms with van der Waals surface area (Å²) in [4.78, 5) is 27.9. The number of aryl methyl sites for hydroxylation is 1. The van der Waals surface area contributed by atoms with Gasteiger partial charge in [0.2, 0.25) is 21.8 Å². The number of benzene rings is 2. The second-order valence-electron chi connectivity index (χ2n) is 8.03. The predicted molar refractivity (Wildman–Crippen MR) is 140 cm³/mol. The number of rotatable bonds is 11. The lowest BCUT2D eigenvalue weighted by molar-refractivity contribution is -0.140. The Hall–Kier alpha value is -2.10. The summed E-state index contributed by atoms with van der Waals surface area (Å²) in [5.74, 6) is -0.778. The van der Waals surface area contributed by atoms with Crippen LogP contribution in [-0.2, 0) is 26.2 Å². The molecule has 0 spiro atoms. The molecule has 10 heteroatoms. The Morgan fingerprint density at radius 2 is 1.82 bits per heavy atom. The van der Waals surface area contributed by atoms with E-state index >= 15 is 0 Å². The number of nitrogens with zero attached hydrogens (tertiary/aromatic N) is 2. The van der Waals surface area contributed by atoms with E-state index in [0.29, 0.717) is 29.2 Å². The van der Waals surface area contributed by atoms with Crippen LogP contribution in [0, 0.1) is 6.92 Å². The van der Waals surface area contributed by atoms with Gasteiger partial charge in [-0.05, 0) is 55.2 Å². The van der Waals surface area contributed by atoms with Crippen LogP contribution in [0.5, 0.6) is 0 Å². The predicted octanol–water partition coefficient (Wildman–Crippen LogP) is 4.51. The lowest BCUT2D eigenvalue weighted by Crippen LogP contribution is -2.52. The van der Waals surface area contributed by atoms with E-state index in [0.717, 1.165) is 27.0 Å². The van der Waals surface area contributed by atoms with Gasteiger partial charge in [-0.15, -0.1) is 0 Å². The molecule has 186 valence electrons. The molecule has 0 aliphatic carbocycles. The maximum Gasteiger partial charge on any atom is 0.244 e. The first kappa shape index (κ1) is 28.1. The first-order valence-corrected chi connectivity index (χ1v) is 14.1. The summed E-state index contributed by atoms with van der Waals surface area (Å²) < 4.78 is 27.2. The number of hydrogen-bond donors (Lipinski definition) is 1. The smallest absolute Gasteiger partial charge is 0.244 e. The van der Waals surface area contributed by atoms with Gasteiger partial charge in [0.25, 0.3) is 0 Å². The van der Waals surface area contributed by atoms with Crippen LogP contribution in [0.4, 0.5) is 5.69 Å². The fourth-order valence-electron chi connectivity index (χ4n) is 3.49. The molecule has 0 unspecified atom stereocenters. The molecule has 2 aromatic carbocycles. The van der Waals surface area contributed by atoms with Gasteiger partial charge in [-0.2, -0.15) is 0 Å². The monoisotopic (exact) mass is 571 g/mol. The van der Waals surface area contributed by atoms with Crippen molar-refractivity contribution >= 4 is 55.1 Å². The van der Waals surface area contributed by atoms with Crippen LogP contribution in [0.25, 0.3) is 0 Å². The molecule has 2 amide bonds. The third-order valence-electron chi connectivity index (χ3n) is 5.34. The number of sulfonamides is 1. The highest BCUT2D eigenvalue weighted by Gasteiger charge is 2.32. The van der Waals surface area contributed by atoms with Crippen LogP contribution in [-0.4, -0.2) is 50.5 Å². The summed E-state index contributed by atoms with van der Waals surface area (Å²) >= 11 is 9.75. The van der Waals surface area contributed by atoms with Crippen molar-refractivity contribution < 1.29 is 18.0 Å². The molecule has 0 heterocycles. The fraction of sp³-hybridized carbons (Fsp3) is 0.417. The molecule has 1 atom stereocenters. The van der Waals surface area contributed by atoms with Crippen LogP contribution in [0.3, 0.4) is 0 Å². The van der Waals surface area contributed by atoms with Crippen molar-refractivity contribution in [3.63, 3.8) is 0 Å². The number of halogens is 2. The third kappa shape index (κ3) is 7.45. The van der Waals surface area contributed by atoms with Gasteiger partial charge in [0.15, 0.2) is 0 Å². The number of carbonyl (C=O) groups excluding carboxylic acids is 2. The summed E-state index contributed by atoms with van der Waals surface area (Å²) in [6, 6.07) is 11.4. The van der Waals surface area contributed by atoms with Gasteiger partial charge in [-0.1, -0.05) is 59.6 Å². The third-order valence-corrected chi connectivity index (χ3v) is 7.74. The summed E-state index contributed by atoms with van der Waals surface area (Å²) in [6.07, 6.45) is 2.18. The first-order chi connectivity index (χ1) is 16.0. The van der Waals surface area contributed by atoms with Gasteiger partial charge >= 0.3 is 0 Å². The largest absolute Gasteiger partial charge is 0.354 e. The molecule has 2 aromatic rings. The first-order valence-electron chi connectivity index (χ1n) is 11.0. The zero-order valence-electron chi connectivity index (χ0n) is 19.8. The molecule has 0 saturated carbocycles. The van der Waals surface area contributed by atoms with Gasteiger partial charge in [-0.3, -0.25) is 13.9 Å². The molecule has 1 N–H and O–H groups in total. The summed E-state index contributed by atoms with van der Waals surface area (Å²) in [5, 5.41) is 3.31. The quantitative estimate of drug-likeness (QED) is 0.429. The van der Waals surface area contributed by atoms with Gasteiger partial charge in [-0.25, -0.2) is 8.42 Å². The Bertz CT molecular complexity index is 1130. The van der Waals surface area contributed by atoms with E-state index in [-0.39, 0.29) is 12.5 Å². The zero-order valence-corrected chi connectivity index (χ0v) is 23.0. The highest BCUT2D eigenvalue weighted by molar-refractivity contribution is 9.10. The molecule has 7 nitrogen and oxygen atoms in total. The zero-order chi connectivity index (χ0) is 25.5. The SMILES string of the molecule is CCCNC(=O)[C@@H](CC)N(Cc1ccccc1Cl)C(=O)CN(c1ccc(Br)c(C)c1)S(C)(=O)=O. The van der Waals surface area contributed by atoms with Crippen molar-refractivity contribution in [2.75, 3.05) is 23.7 Å². The number of carbonyl (C=O) groups is 2. The molecule has 34 heavy (non-hydrogen) atoms. The van der Waals surface area contributed by atoms with Gasteiger partial charge in [0.05, 0.1) is 11.9 Å². The average Bonchev–Trinajstić information content (AvgIpc) is 2.78. The summed E-state index contributed by atoms with van der Waals surface area (Å²) in [7, 11) is -3.78. The molecule has 0 aliphatic rings. The van der Waals surface area contributed by atoms with E-state index in [1.54, 1.807) is 42.5 Å². The Labute approximate surface area is 215 Å². The minimum atomic E-state index is -3.78. The van der Waals surface area contributed by atoms with Crippen molar-refractivity contribution in [3.8, 4) is 0 Å². The molecule has 0 bridgehead atoms. The van der Waals surface area contributed by atoms with Gasteiger partial charge in [0, 0.05) is 22.6 Å². The van der Waals surface area contributed by atoms with Crippen molar-refractivity contribution in [3.05, 3.63) is 63.1 Å². The van der Waals surface area contributed by atoms with Crippen molar-refractivity contribution in [2.45, 2.75) is 46.2 Å². The molecule has 0 fully saturated rings. The molecule has 0 radical (unpaired) electrons. The van der Waals surface area contributed by atoms with Crippen LogP contribution < -0.4 is 9.62 Å². The van der Waals surface area contributed by atoms with Gasteiger partial charge < -0.3 is 10.2 Å². The second kappa shape index (κ2) is 12.6. The van der Waals surface area contributed by atoms with E-state index in [1.807, 2.05) is 20.8 Å². The van der Waals surface area contributed by atoms with E-state index in [9.17, 15) is 18.0 Å². The number of nitrogens with one attached hydrogen (secondary N) is 1. The molecule has 2 rings (SSSR count). The normalized spacial score (nSPS) is 12.2. The average molecular weight is 573 g/mol. The van der Waals surface area contributed by atoms with Crippen LogP contribution in [0.15, 0.2) is 46.9 Å². The summed E-state index contributed by atoms with van der Waals surface area (Å²) in [5.41, 5.74) is 1.87. The van der Waals surface area contributed by atoms with Crippen LogP contribution >= 0.6 is 27.5 Å². The van der Waals surface area contributed by atoms with E-state index in [4.69, 9.17) is 11.6 Å². The van der Waals surface area contributed by atoms with E-state index in [1.165, 1.54) is 4.90 Å². The minimum Gasteiger partial charge on any atom is -0.354 e. The molecule has 0 aliphatic heterocycles. The molecule has 0 aromatic heterocycles. The summed E-state index contributed by atoms with van der Waals surface area (Å²) in [6.45, 7) is 5.71. The second-order valence-corrected chi connectivity index (χ2v) is 11.2. The minimum absolute atomic E-state index is 0.0769. The van der Waals surface area contributed by atoms with Crippen molar-refractivity contribution in [1.82, 2.24) is 10.2 Å². The van der Waals surface area contributed by atoms with Crippen molar-refractivity contribution in [2.24, 2.45) is 0 Å². The molecule has 0 saturated heterocycles. The van der Waals surface area contributed by atoms with Gasteiger partial charge in [0.1, 0.15) is 12.6 Å². The lowest BCUT2D eigenvalue weighted by atomic mass is 10.1. The number of amides is 2. The fourth-order valence-corrected chi connectivity index (χ4v) is 4.78. The maximum atomic E-state index is 13.6. The Balaban J connectivity index is 2.46.